The summed E-state index contributed by atoms with van der Waals surface area (Å²) in [5.41, 5.74) is -1.13. The van der Waals surface area contributed by atoms with Gasteiger partial charge in [-0.3, -0.25) is 4.79 Å². The van der Waals surface area contributed by atoms with E-state index in [0.717, 1.165) is 0 Å². The molecule has 0 spiro atoms. The summed E-state index contributed by atoms with van der Waals surface area (Å²) < 4.78 is 48.8. The van der Waals surface area contributed by atoms with Gasteiger partial charge in [0.15, 0.2) is 5.76 Å². The van der Waals surface area contributed by atoms with Gasteiger partial charge in [-0.25, -0.2) is 4.79 Å². The fourth-order valence-electron chi connectivity index (χ4n) is 4.51. The quantitative estimate of drug-likeness (QED) is 0.313. The Labute approximate surface area is 216 Å². The number of carbonyl (C=O) groups is 1. The van der Waals surface area contributed by atoms with E-state index >= 15 is 0 Å². The van der Waals surface area contributed by atoms with Crippen LogP contribution in [0.2, 0.25) is 0 Å². The van der Waals surface area contributed by atoms with Crippen molar-refractivity contribution in [3.63, 3.8) is 0 Å². The maximum absolute atomic E-state index is 14.3. The second kappa shape index (κ2) is 10.2. The van der Waals surface area contributed by atoms with Crippen molar-refractivity contribution in [2.45, 2.75) is 39.4 Å². The fraction of sp³-hybridized carbons (Fsp3) is 0.200. The topological polar surface area (TPSA) is 79.5 Å². The van der Waals surface area contributed by atoms with Crippen LogP contribution in [-0.4, -0.2) is 11.1 Å². The molecule has 0 bridgehead atoms. The first-order valence-electron chi connectivity index (χ1n) is 12.0. The molecule has 1 unspecified atom stereocenters. The zero-order chi connectivity index (χ0) is 27.8. The van der Waals surface area contributed by atoms with Crippen LogP contribution in [0.1, 0.15) is 53.4 Å². The maximum atomic E-state index is 14.3. The molecule has 3 aromatic carbocycles. The Bertz CT molecular complexity index is 1720. The molecule has 1 heterocycles. The number of aromatic carboxylic acids is 1. The van der Waals surface area contributed by atoms with Gasteiger partial charge in [0.2, 0.25) is 5.43 Å². The van der Waals surface area contributed by atoms with Gasteiger partial charge in [0.25, 0.3) is 0 Å². The zero-order valence-corrected chi connectivity index (χ0v) is 21.1. The van der Waals surface area contributed by atoms with Crippen LogP contribution in [-0.2, 0) is 6.18 Å². The van der Waals surface area contributed by atoms with E-state index in [1.807, 2.05) is 13.0 Å². The highest BCUT2D eigenvalue weighted by atomic mass is 19.4. The predicted molar refractivity (Wildman–Crippen MR) is 143 cm³/mol. The van der Waals surface area contributed by atoms with Crippen molar-refractivity contribution in [2.24, 2.45) is 0 Å². The highest BCUT2D eigenvalue weighted by Gasteiger charge is 2.40. The van der Waals surface area contributed by atoms with Gasteiger partial charge in [0, 0.05) is 16.8 Å². The molecule has 0 aliphatic carbocycles. The lowest BCUT2D eigenvalue weighted by atomic mass is 9.97. The first kappa shape index (κ1) is 26.7. The molecular weight excluding hydrogens is 495 g/mol. The van der Waals surface area contributed by atoms with Crippen LogP contribution in [0.4, 0.5) is 18.9 Å². The third-order valence-electron chi connectivity index (χ3n) is 6.28. The number of anilines is 1. The Hall–Kier alpha value is -4.33. The van der Waals surface area contributed by atoms with Crippen LogP contribution in [0.3, 0.4) is 0 Å². The summed E-state index contributed by atoms with van der Waals surface area (Å²) in [4.78, 5) is 25.0. The highest BCUT2D eigenvalue weighted by molar-refractivity contribution is 5.94. The highest BCUT2D eigenvalue weighted by Crippen LogP contribution is 2.38. The Balaban J connectivity index is 2.01. The summed E-state index contributed by atoms with van der Waals surface area (Å²) in [6.07, 6.45) is -2.49. The second-order valence-electron chi connectivity index (χ2n) is 9.11. The van der Waals surface area contributed by atoms with Crippen molar-refractivity contribution in [2.75, 3.05) is 5.32 Å². The van der Waals surface area contributed by atoms with Crippen molar-refractivity contribution in [3.8, 4) is 11.3 Å². The van der Waals surface area contributed by atoms with Crippen molar-refractivity contribution >= 4 is 35.3 Å². The van der Waals surface area contributed by atoms with Gasteiger partial charge < -0.3 is 14.8 Å². The SMILES string of the molecule is C=c1ccc(-c2oc3c(C(C)Nc4ccccc4C(=O)O)cc(C)cc3c(=O)c2C(F)(F)F)c/c1=C/CC. The van der Waals surface area contributed by atoms with E-state index in [2.05, 4.69) is 11.9 Å². The van der Waals surface area contributed by atoms with Crippen molar-refractivity contribution in [1.82, 2.24) is 0 Å². The molecule has 0 saturated heterocycles. The average molecular weight is 522 g/mol. The monoisotopic (exact) mass is 521 g/mol. The third-order valence-corrected chi connectivity index (χ3v) is 6.28. The number of carboxylic acids is 1. The number of carboxylic acid groups (broad SMARTS) is 1. The zero-order valence-electron chi connectivity index (χ0n) is 21.1. The number of fused-ring (bicyclic) bond motifs is 1. The maximum Gasteiger partial charge on any atom is 0.423 e. The van der Waals surface area contributed by atoms with Gasteiger partial charge in [-0.15, -0.1) is 0 Å². The van der Waals surface area contributed by atoms with E-state index in [9.17, 15) is 27.9 Å². The lowest BCUT2D eigenvalue weighted by Crippen LogP contribution is -2.24. The number of hydrogen-bond donors (Lipinski definition) is 2. The van der Waals surface area contributed by atoms with Gasteiger partial charge in [-0.05, 0) is 60.5 Å². The summed E-state index contributed by atoms with van der Waals surface area (Å²) in [5, 5.41) is 13.7. The lowest BCUT2D eigenvalue weighted by molar-refractivity contribution is -0.138. The van der Waals surface area contributed by atoms with E-state index < -0.39 is 34.9 Å². The van der Waals surface area contributed by atoms with Crippen LogP contribution < -0.4 is 21.2 Å². The number of nitrogens with one attached hydrogen (secondary N) is 1. The van der Waals surface area contributed by atoms with Crippen molar-refractivity contribution in [1.29, 1.82) is 0 Å². The number of para-hydroxylation sites is 1. The molecule has 4 aromatic rings. The molecule has 0 aliphatic heterocycles. The van der Waals surface area contributed by atoms with Gasteiger partial charge in [0.05, 0.1) is 17.0 Å². The van der Waals surface area contributed by atoms with Crippen LogP contribution >= 0.6 is 0 Å². The van der Waals surface area contributed by atoms with E-state index in [1.54, 1.807) is 44.2 Å². The minimum atomic E-state index is -4.96. The molecule has 5 nitrogen and oxygen atoms in total. The lowest BCUT2D eigenvalue weighted by Gasteiger charge is -2.20. The van der Waals surface area contributed by atoms with Gasteiger partial charge in [-0.2, -0.15) is 13.2 Å². The molecule has 1 atom stereocenters. The molecule has 4 rings (SSSR count). The van der Waals surface area contributed by atoms with E-state index in [1.165, 1.54) is 24.3 Å². The first-order chi connectivity index (χ1) is 17.9. The molecule has 1 aromatic heterocycles. The molecule has 0 fully saturated rings. The molecule has 0 amide bonds. The van der Waals surface area contributed by atoms with Crippen LogP contribution in [0.25, 0.3) is 34.9 Å². The smallest absolute Gasteiger partial charge is 0.423 e. The predicted octanol–water partition coefficient (Wildman–Crippen LogP) is 6.26. The Morgan fingerprint density at radius 3 is 2.53 bits per heavy atom. The minimum absolute atomic E-state index is 0.00359. The molecule has 0 aliphatic rings. The average Bonchev–Trinajstić information content (AvgIpc) is 2.84. The van der Waals surface area contributed by atoms with E-state index in [4.69, 9.17) is 4.42 Å². The summed E-state index contributed by atoms with van der Waals surface area (Å²) in [5.74, 6) is -1.71. The molecule has 38 heavy (non-hydrogen) atoms. The number of rotatable bonds is 6. The fourth-order valence-corrected chi connectivity index (χ4v) is 4.51. The van der Waals surface area contributed by atoms with E-state index in [-0.39, 0.29) is 22.1 Å². The van der Waals surface area contributed by atoms with Gasteiger partial charge in [0.1, 0.15) is 11.1 Å². The van der Waals surface area contributed by atoms with Crippen molar-refractivity contribution < 1.29 is 27.5 Å². The molecule has 2 N–H and O–H groups in total. The number of hydrogen-bond acceptors (Lipinski definition) is 4. The van der Waals surface area contributed by atoms with Crippen LogP contribution in [0.5, 0.6) is 0 Å². The molecule has 0 radical (unpaired) electrons. The van der Waals surface area contributed by atoms with Crippen LogP contribution in [0, 0.1) is 6.92 Å². The molecule has 8 heteroatoms. The summed E-state index contributed by atoms with van der Waals surface area (Å²) in [6.45, 7) is 9.21. The minimum Gasteiger partial charge on any atom is -0.478 e. The molecular formula is C30H26F3NO4. The Morgan fingerprint density at radius 1 is 1.16 bits per heavy atom. The third kappa shape index (κ3) is 5.07. The van der Waals surface area contributed by atoms with E-state index in [0.29, 0.717) is 33.7 Å². The largest absolute Gasteiger partial charge is 0.478 e. The summed E-state index contributed by atoms with van der Waals surface area (Å²) in [6, 6.07) is 13.3. The molecule has 196 valence electrons. The number of alkyl halides is 3. The van der Waals surface area contributed by atoms with Gasteiger partial charge in [-0.1, -0.05) is 49.9 Å². The van der Waals surface area contributed by atoms with Crippen LogP contribution in [0.15, 0.2) is 63.8 Å². The summed E-state index contributed by atoms with van der Waals surface area (Å²) in [7, 11) is 0. The van der Waals surface area contributed by atoms with Crippen molar-refractivity contribution in [3.05, 3.63) is 97.5 Å². The molecule has 0 saturated carbocycles. The Kier molecular flexibility index (Phi) is 7.18. The number of benzene rings is 3. The standard InChI is InChI=1S/C30H26F3NO4/c1-5-8-19-15-20(12-11-17(19)3)27-25(30(31,32)33)26(35)23-14-16(2)13-22(28(23)38-27)18(4)34-24-10-7-6-9-21(24)29(36)37/h6-15,18,34H,3,5H2,1-2,4H3,(H,36,37)/b19-8-. The number of aryl methyl sites for hydroxylation is 1. The first-order valence-corrected chi connectivity index (χ1v) is 12.0. The summed E-state index contributed by atoms with van der Waals surface area (Å²) >= 11 is 0. The normalized spacial score (nSPS) is 13.1. The van der Waals surface area contributed by atoms with Gasteiger partial charge >= 0.3 is 12.1 Å². The number of halogens is 3. The Morgan fingerprint density at radius 2 is 1.87 bits per heavy atom. The second-order valence-corrected chi connectivity index (χ2v) is 9.11.